The third-order valence-electron chi connectivity index (χ3n) is 4.57. The molecular formula is C16H23N5O4S. The number of hydrogen-bond acceptors (Lipinski definition) is 6. The van der Waals surface area contributed by atoms with E-state index in [0.717, 1.165) is 12.2 Å². The van der Waals surface area contributed by atoms with Crippen molar-refractivity contribution in [1.29, 1.82) is 0 Å². The highest BCUT2D eigenvalue weighted by Gasteiger charge is 2.29. The Morgan fingerprint density at radius 2 is 2.12 bits per heavy atom. The van der Waals surface area contributed by atoms with Crippen LogP contribution in [0.1, 0.15) is 25.7 Å². The maximum Gasteiger partial charge on any atom is 0.246 e. The fourth-order valence-corrected chi connectivity index (χ4v) is 3.95. The van der Waals surface area contributed by atoms with Gasteiger partial charge < -0.3 is 14.4 Å². The summed E-state index contributed by atoms with van der Waals surface area (Å²) < 4.78 is 31.7. The number of piperidine rings is 1. The van der Waals surface area contributed by atoms with Gasteiger partial charge in [0.05, 0.1) is 18.5 Å². The molecule has 26 heavy (non-hydrogen) atoms. The molecule has 2 aromatic rings. The maximum atomic E-state index is 12.3. The van der Waals surface area contributed by atoms with Crippen LogP contribution in [0.4, 0.5) is 0 Å². The van der Waals surface area contributed by atoms with Crippen molar-refractivity contribution in [2.24, 2.45) is 5.92 Å². The molecule has 0 aromatic carbocycles. The Morgan fingerprint density at radius 1 is 1.38 bits per heavy atom. The molecule has 1 aliphatic heterocycles. The summed E-state index contributed by atoms with van der Waals surface area (Å²) in [6.07, 6.45) is 4.15. The molecule has 1 fully saturated rings. The molecule has 9 nitrogen and oxygen atoms in total. The molecule has 1 saturated heterocycles. The molecule has 1 N–H and O–H groups in total. The lowest BCUT2D eigenvalue weighted by Crippen LogP contribution is -2.42. The maximum absolute atomic E-state index is 12.3. The predicted molar refractivity (Wildman–Crippen MR) is 94.4 cm³/mol. The van der Waals surface area contributed by atoms with E-state index < -0.39 is 10.0 Å². The third-order valence-corrected chi connectivity index (χ3v) is 5.88. The van der Waals surface area contributed by atoms with Crippen molar-refractivity contribution in [3.63, 3.8) is 0 Å². The van der Waals surface area contributed by atoms with Crippen LogP contribution in [0, 0.1) is 5.92 Å². The van der Waals surface area contributed by atoms with Gasteiger partial charge in [-0.05, 0) is 31.9 Å². The van der Waals surface area contributed by atoms with Gasteiger partial charge in [-0.15, -0.1) is 0 Å². The number of nitrogens with zero attached hydrogens (tertiary/aromatic N) is 4. The van der Waals surface area contributed by atoms with E-state index in [1.54, 1.807) is 0 Å². The van der Waals surface area contributed by atoms with Crippen molar-refractivity contribution in [2.45, 2.75) is 32.9 Å². The molecule has 2 aromatic heterocycles. The molecule has 0 radical (unpaired) electrons. The predicted octanol–water partition coefficient (Wildman–Crippen LogP) is 0.846. The summed E-state index contributed by atoms with van der Waals surface area (Å²) in [5.74, 6) is 0.510. The van der Waals surface area contributed by atoms with Gasteiger partial charge in [0.25, 0.3) is 0 Å². The topological polar surface area (TPSA) is 110 Å². The molecule has 0 unspecified atom stereocenters. The first-order valence-electron chi connectivity index (χ1n) is 8.59. The molecule has 1 aliphatic rings. The molecule has 3 rings (SSSR count). The van der Waals surface area contributed by atoms with Crippen LogP contribution in [0.2, 0.25) is 0 Å². The highest BCUT2D eigenvalue weighted by molar-refractivity contribution is 7.88. The molecule has 10 heteroatoms. The first-order chi connectivity index (χ1) is 12.4. The second kappa shape index (κ2) is 7.58. The molecule has 142 valence electrons. The van der Waals surface area contributed by atoms with Gasteiger partial charge in [-0.1, -0.05) is 5.16 Å². The smallest absolute Gasteiger partial charge is 0.246 e. The van der Waals surface area contributed by atoms with E-state index in [-0.39, 0.29) is 18.4 Å². The van der Waals surface area contributed by atoms with Crippen molar-refractivity contribution >= 4 is 15.9 Å². The van der Waals surface area contributed by atoms with Crippen molar-refractivity contribution in [3.05, 3.63) is 24.2 Å². The first-order valence-corrected chi connectivity index (χ1v) is 10.4. The van der Waals surface area contributed by atoms with Crippen LogP contribution >= 0.6 is 0 Å². The van der Waals surface area contributed by atoms with Gasteiger partial charge in [-0.25, -0.2) is 12.7 Å². The highest BCUT2D eigenvalue weighted by Crippen LogP contribution is 2.20. The average Bonchev–Trinajstić information content (AvgIpc) is 3.27. The average molecular weight is 381 g/mol. The van der Waals surface area contributed by atoms with Crippen LogP contribution < -0.4 is 5.32 Å². The second-order valence-corrected chi connectivity index (χ2v) is 8.33. The monoisotopic (exact) mass is 381 g/mol. The largest absolute Gasteiger partial charge is 0.347 e. The summed E-state index contributed by atoms with van der Waals surface area (Å²) in [5.41, 5.74) is 0.863. The Morgan fingerprint density at radius 3 is 2.77 bits per heavy atom. The zero-order valence-corrected chi connectivity index (χ0v) is 15.7. The van der Waals surface area contributed by atoms with Gasteiger partial charge in [0.2, 0.25) is 27.6 Å². The van der Waals surface area contributed by atoms with Crippen molar-refractivity contribution in [1.82, 2.24) is 24.3 Å². The minimum absolute atomic E-state index is 0.116. The summed E-state index contributed by atoms with van der Waals surface area (Å²) in [6, 6.07) is 3.83. The number of aryl methyl sites for hydroxylation is 1. The fourth-order valence-electron chi connectivity index (χ4n) is 3.08. The van der Waals surface area contributed by atoms with Crippen LogP contribution in [0.3, 0.4) is 0 Å². The number of hydrogen-bond donors (Lipinski definition) is 1. The zero-order chi connectivity index (χ0) is 18.7. The van der Waals surface area contributed by atoms with Crippen LogP contribution in [-0.4, -0.2) is 52.7 Å². The van der Waals surface area contributed by atoms with Crippen LogP contribution in [-0.2, 0) is 27.9 Å². The summed E-state index contributed by atoms with van der Waals surface area (Å²) >= 11 is 0. The van der Waals surface area contributed by atoms with E-state index >= 15 is 0 Å². The van der Waals surface area contributed by atoms with E-state index in [1.165, 1.54) is 10.6 Å². The lowest BCUT2D eigenvalue weighted by atomic mass is 9.97. The number of amides is 1. The summed E-state index contributed by atoms with van der Waals surface area (Å²) in [6.45, 7) is 3.73. The molecule has 0 bridgehead atoms. The van der Waals surface area contributed by atoms with Gasteiger partial charge in [0.15, 0.2) is 0 Å². The number of carbonyl (C=O) groups is 1. The molecule has 0 atom stereocenters. The van der Waals surface area contributed by atoms with Crippen LogP contribution in [0.15, 0.2) is 22.9 Å². The lowest BCUT2D eigenvalue weighted by molar-refractivity contribution is -0.126. The van der Waals surface area contributed by atoms with Gasteiger partial charge in [0.1, 0.15) is 0 Å². The molecule has 1 amide bonds. The molecule has 0 spiro atoms. The fraction of sp³-hybridized carbons (Fsp3) is 0.562. The number of rotatable bonds is 6. The zero-order valence-electron chi connectivity index (χ0n) is 14.9. The van der Waals surface area contributed by atoms with E-state index in [0.29, 0.717) is 37.6 Å². The normalized spacial score (nSPS) is 16.7. The Balaban J connectivity index is 1.53. The molecule has 0 aliphatic carbocycles. The molecule has 3 heterocycles. The molecular weight excluding hydrogens is 358 g/mol. The van der Waals surface area contributed by atoms with E-state index in [2.05, 4.69) is 15.5 Å². The second-order valence-electron chi connectivity index (χ2n) is 6.35. The minimum Gasteiger partial charge on any atom is -0.347 e. The molecule has 0 saturated carbocycles. The SMILES string of the molecule is CCn1cccc1-c1noc(CNC(=O)C2CCN(S(C)(=O)=O)CC2)n1. The Hall–Kier alpha value is -2.20. The van der Waals surface area contributed by atoms with Crippen LogP contribution in [0.25, 0.3) is 11.5 Å². The Bertz CT molecular complexity index is 865. The first kappa shape index (κ1) is 18.6. The highest BCUT2D eigenvalue weighted by atomic mass is 32.2. The van der Waals surface area contributed by atoms with Crippen LogP contribution in [0.5, 0.6) is 0 Å². The van der Waals surface area contributed by atoms with Gasteiger partial charge in [-0.2, -0.15) is 4.98 Å². The summed E-state index contributed by atoms with van der Waals surface area (Å²) in [7, 11) is -3.19. The van der Waals surface area contributed by atoms with Gasteiger partial charge in [-0.3, -0.25) is 4.79 Å². The van der Waals surface area contributed by atoms with E-state index in [9.17, 15) is 13.2 Å². The van der Waals surface area contributed by atoms with Gasteiger partial charge >= 0.3 is 0 Å². The standard InChI is InChI=1S/C16H23N5O4S/c1-3-20-8-4-5-13(20)15-18-14(25-19-15)11-17-16(22)12-6-9-21(10-7-12)26(2,23)24/h4-5,8,12H,3,6-7,9-11H2,1-2H3,(H,17,22). The number of nitrogens with one attached hydrogen (secondary N) is 1. The number of carbonyl (C=O) groups excluding carboxylic acids is 1. The Labute approximate surface area is 152 Å². The number of aromatic nitrogens is 3. The lowest BCUT2D eigenvalue weighted by Gasteiger charge is -2.29. The minimum atomic E-state index is -3.19. The van der Waals surface area contributed by atoms with Crippen molar-refractivity contribution in [3.8, 4) is 11.5 Å². The van der Waals surface area contributed by atoms with E-state index in [1.807, 2.05) is 29.8 Å². The quantitative estimate of drug-likeness (QED) is 0.794. The van der Waals surface area contributed by atoms with E-state index in [4.69, 9.17) is 4.52 Å². The van der Waals surface area contributed by atoms with Crippen molar-refractivity contribution < 1.29 is 17.7 Å². The third kappa shape index (κ3) is 4.13. The summed E-state index contributed by atoms with van der Waals surface area (Å²) in [5, 5.41) is 6.76. The Kier molecular flexibility index (Phi) is 5.42. The summed E-state index contributed by atoms with van der Waals surface area (Å²) in [4.78, 5) is 16.6. The number of sulfonamides is 1. The van der Waals surface area contributed by atoms with Gasteiger partial charge in [0, 0.05) is 31.7 Å². The van der Waals surface area contributed by atoms with Crippen molar-refractivity contribution in [2.75, 3.05) is 19.3 Å².